The molecular formula is C14H17ClN2O2. The first-order valence-corrected chi connectivity index (χ1v) is 6.84. The Morgan fingerprint density at radius 1 is 1.00 bits per heavy atom. The summed E-state index contributed by atoms with van der Waals surface area (Å²) >= 11 is 6.07. The van der Waals surface area contributed by atoms with E-state index in [1.807, 2.05) is 12.1 Å². The normalized spacial score (nSPS) is 10.7. The molecule has 2 aromatic rings. The highest BCUT2D eigenvalue weighted by Crippen LogP contribution is 2.34. The van der Waals surface area contributed by atoms with Crippen molar-refractivity contribution in [1.82, 2.24) is 9.97 Å². The number of nitrogens with zero attached hydrogens (tertiary/aromatic N) is 2. The maximum absolute atomic E-state index is 6.07. The van der Waals surface area contributed by atoms with Crippen molar-refractivity contribution in [3.63, 3.8) is 0 Å². The van der Waals surface area contributed by atoms with Crippen LogP contribution in [0.5, 0.6) is 11.5 Å². The molecule has 0 unspecified atom stereocenters. The summed E-state index contributed by atoms with van der Waals surface area (Å²) < 4.78 is 11.4. The summed E-state index contributed by atoms with van der Waals surface area (Å²) in [7, 11) is 0. The average Bonchev–Trinajstić information content (AvgIpc) is 2.43. The standard InChI is InChI=1S/C14H17ClN2O2/c1-3-5-18-12-7-10-11(16-9-17-14(10)15)8-13(12)19-6-4-2/h7-9H,3-6H2,1-2H3. The zero-order valence-corrected chi connectivity index (χ0v) is 11.9. The van der Waals surface area contributed by atoms with Gasteiger partial charge in [0.05, 0.1) is 18.7 Å². The second-order valence-corrected chi connectivity index (χ2v) is 4.54. The van der Waals surface area contributed by atoms with Gasteiger partial charge in [-0.15, -0.1) is 0 Å². The lowest BCUT2D eigenvalue weighted by Crippen LogP contribution is -2.01. The van der Waals surface area contributed by atoms with Crippen LogP contribution in [-0.4, -0.2) is 23.2 Å². The Labute approximate surface area is 117 Å². The highest BCUT2D eigenvalue weighted by Gasteiger charge is 2.11. The molecule has 1 aromatic heterocycles. The first-order chi connectivity index (χ1) is 9.26. The van der Waals surface area contributed by atoms with E-state index in [4.69, 9.17) is 21.1 Å². The van der Waals surface area contributed by atoms with E-state index in [-0.39, 0.29) is 0 Å². The maximum Gasteiger partial charge on any atom is 0.163 e. The van der Waals surface area contributed by atoms with E-state index >= 15 is 0 Å². The van der Waals surface area contributed by atoms with Gasteiger partial charge in [-0.05, 0) is 18.9 Å². The summed E-state index contributed by atoms with van der Waals surface area (Å²) in [5, 5.41) is 1.20. The lowest BCUT2D eigenvalue weighted by atomic mass is 10.2. The molecule has 0 amide bonds. The fourth-order valence-electron chi connectivity index (χ4n) is 1.68. The summed E-state index contributed by atoms with van der Waals surface area (Å²) in [6.07, 6.45) is 3.32. The van der Waals surface area contributed by atoms with Gasteiger partial charge in [-0.1, -0.05) is 25.4 Å². The third-order valence-electron chi connectivity index (χ3n) is 2.58. The lowest BCUT2D eigenvalue weighted by Gasteiger charge is -2.13. The third-order valence-corrected chi connectivity index (χ3v) is 2.88. The van der Waals surface area contributed by atoms with Gasteiger partial charge in [-0.2, -0.15) is 0 Å². The topological polar surface area (TPSA) is 44.2 Å². The van der Waals surface area contributed by atoms with E-state index in [9.17, 15) is 0 Å². The molecule has 0 aliphatic rings. The SMILES string of the molecule is CCCOc1cc2ncnc(Cl)c2cc1OCCC. The Morgan fingerprint density at radius 3 is 2.26 bits per heavy atom. The van der Waals surface area contributed by atoms with Gasteiger partial charge in [0, 0.05) is 11.5 Å². The van der Waals surface area contributed by atoms with E-state index < -0.39 is 0 Å². The summed E-state index contributed by atoms with van der Waals surface area (Å²) in [5.74, 6) is 1.40. The van der Waals surface area contributed by atoms with Crippen LogP contribution in [0.4, 0.5) is 0 Å². The first kappa shape index (κ1) is 13.9. The summed E-state index contributed by atoms with van der Waals surface area (Å²) in [5.41, 5.74) is 0.759. The fourth-order valence-corrected chi connectivity index (χ4v) is 1.88. The molecule has 1 aromatic carbocycles. The number of hydrogen-bond acceptors (Lipinski definition) is 4. The van der Waals surface area contributed by atoms with E-state index in [1.54, 1.807) is 0 Å². The second-order valence-electron chi connectivity index (χ2n) is 4.18. The van der Waals surface area contributed by atoms with Gasteiger partial charge in [0.1, 0.15) is 11.5 Å². The van der Waals surface area contributed by atoms with Crippen molar-refractivity contribution in [2.45, 2.75) is 26.7 Å². The second kappa shape index (κ2) is 6.57. The first-order valence-electron chi connectivity index (χ1n) is 6.46. The predicted octanol–water partition coefficient (Wildman–Crippen LogP) is 3.86. The number of hydrogen-bond donors (Lipinski definition) is 0. The van der Waals surface area contributed by atoms with Gasteiger partial charge in [0.25, 0.3) is 0 Å². The minimum Gasteiger partial charge on any atom is -0.490 e. The van der Waals surface area contributed by atoms with Gasteiger partial charge in [-0.25, -0.2) is 9.97 Å². The monoisotopic (exact) mass is 280 g/mol. The molecule has 102 valence electrons. The Hall–Kier alpha value is -1.55. The third kappa shape index (κ3) is 3.26. The molecule has 0 radical (unpaired) electrons. The molecule has 0 fully saturated rings. The highest BCUT2D eigenvalue weighted by molar-refractivity contribution is 6.34. The number of fused-ring (bicyclic) bond motifs is 1. The Kier molecular flexibility index (Phi) is 4.80. The quantitative estimate of drug-likeness (QED) is 0.754. The van der Waals surface area contributed by atoms with Crippen LogP contribution in [0.3, 0.4) is 0 Å². The molecule has 1 heterocycles. The van der Waals surface area contributed by atoms with Gasteiger partial charge in [0.15, 0.2) is 11.5 Å². The minimum absolute atomic E-state index is 0.424. The van der Waals surface area contributed by atoms with Crippen molar-refractivity contribution < 1.29 is 9.47 Å². The van der Waals surface area contributed by atoms with E-state index in [0.29, 0.717) is 29.9 Å². The molecule has 0 bridgehead atoms. The molecular weight excluding hydrogens is 264 g/mol. The average molecular weight is 281 g/mol. The highest BCUT2D eigenvalue weighted by atomic mass is 35.5. The van der Waals surface area contributed by atoms with E-state index in [1.165, 1.54) is 6.33 Å². The molecule has 0 saturated carbocycles. The van der Waals surface area contributed by atoms with Crippen molar-refractivity contribution in [2.24, 2.45) is 0 Å². The molecule has 0 N–H and O–H groups in total. The van der Waals surface area contributed by atoms with Gasteiger partial charge in [-0.3, -0.25) is 0 Å². The van der Waals surface area contributed by atoms with Crippen LogP contribution in [-0.2, 0) is 0 Å². The summed E-state index contributed by atoms with van der Waals surface area (Å²) in [6.45, 7) is 5.41. The van der Waals surface area contributed by atoms with Crippen molar-refractivity contribution in [1.29, 1.82) is 0 Å². The molecule has 0 aliphatic heterocycles. The molecule has 2 rings (SSSR count). The Balaban J connectivity index is 2.43. The number of ether oxygens (including phenoxy) is 2. The van der Waals surface area contributed by atoms with Gasteiger partial charge < -0.3 is 9.47 Å². The van der Waals surface area contributed by atoms with Gasteiger partial charge >= 0.3 is 0 Å². The maximum atomic E-state index is 6.07. The Morgan fingerprint density at radius 2 is 1.63 bits per heavy atom. The van der Waals surface area contributed by atoms with Crippen molar-refractivity contribution in [2.75, 3.05) is 13.2 Å². The van der Waals surface area contributed by atoms with Crippen LogP contribution in [0.2, 0.25) is 5.15 Å². The zero-order chi connectivity index (χ0) is 13.7. The zero-order valence-electron chi connectivity index (χ0n) is 11.1. The fraction of sp³-hybridized carbons (Fsp3) is 0.429. The Bertz CT molecular complexity index is 560. The van der Waals surface area contributed by atoms with Crippen LogP contribution in [0, 0.1) is 0 Å². The molecule has 19 heavy (non-hydrogen) atoms. The number of benzene rings is 1. The largest absolute Gasteiger partial charge is 0.490 e. The predicted molar refractivity (Wildman–Crippen MR) is 76.1 cm³/mol. The number of rotatable bonds is 6. The minimum atomic E-state index is 0.424. The van der Waals surface area contributed by atoms with Crippen molar-refractivity contribution >= 4 is 22.5 Å². The number of halogens is 1. The number of aromatic nitrogens is 2. The van der Waals surface area contributed by atoms with Gasteiger partial charge in [0.2, 0.25) is 0 Å². The summed E-state index contributed by atoms with van der Waals surface area (Å²) in [6, 6.07) is 3.70. The molecule has 0 spiro atoms. The van der Waals surface area contributed by atoms with E-state index in [2.05, 4.69) is 23.8 Å². The van der Waals surface area contributed by atoms with Crippen LogP contribution in [0.15, 0.2) is 18.5 Å². The molecule has 4 nitrogen and oxygen atoms in total. The van der Waals surface area contributed by atoms with Crippen LogP contribution in [0.25, 0.3) is 10.9 Å². The van der Waals surface area contributed by atoms with Crippen LogP contribution in [0.1, 0.15) is 26.7 Å². The lowest BCUT2D eigenvalue weighted by molar-refractivity contribution is 0.269. The molecule has 0 aliphatic carbocycles. The molecule has 0 atom stereocenters. The molecule has 5 heteroatoms. The summed E-state index contributed by atoms with van der Waals surface area (Å²) in [4.78, 5) is 8.18. The molecule has 0 saturated heterocycles. The van der Waals surface area contributed by atoms with Crippen molar-refractivity contribution in [3.8, 4) is 11.5 Å². The van der Waals surface area contributed by atoms with E-state index in [0.717, 1.165) is 23.7 Å². The van der Waals surface area contributed by atoms with Crippen LogP contribution >= 0.6 is 11.6 Å². The smallest absolute Gasteiger partial charge is 0.163 e. The van der Waals surface area contributed by atoms with Crippen LogP contribution < -0.4 is 9.47 Å². The van der Waals surface area contributed by atoms with Crippen molar-refractivity contribution in [3.05, 3.63) is 23.6 Å².